The summed E-state index contributed by atoms with van der Waals surface area (Å²) in [4.78, 5) is 50.4. The Morgan fingerprint density at radius 1 is 0.971 bits per heavy atom. The first-order valence-corrected chi connectivity index (χ1v) is 24.8. The number of nitrogens with zero attached hydrogens (tertiary/aromatic N) is 3. The third kappa shape index (κ3) is 12.4. The second kappa shape index (κ2) is 23.0. The van der Waals surface area contributed by atoms with Gasteiger partial charge in [-0.3, -0.25) is 14.5 Å². The molecule has 1 fully saturated rings. The van der Waals surface area contributed by atoms with Gasteiger partial charge in [-0.2, -0.15) is 0 Å². The number of quaternary nitrogens is 1. The van der Waals surface area contributed by atoms with Gasteiger partial charge in [0.2, 0.25) is 5.91 Å². The first-order chi connectivity index (χ1) is 33.1. The molecule has 3 aromatic rings. The number of nitrogens with one attached hydrogen (secondary N) is 2. The number of para-hydroxylation sites is 2. The minimum absolute atomic E-state index is 0.00517. The van der Waals surface area contributed by atoms with Crippen molar-refractivity contribution in [3.63, 3.8) is 0 Å². The van der Waals surface area contributed by atoms with Gasteiger partial charge in [-0.25, -0.2) is 4.79 Å². The first kappa shape index (κ1) is 50.7. The number of carbonyl (C=O) groups is 3. The zero-order valence-electron chi connectivity index (χ0n) is 41.3. The summed E-state index contributed by atoms with van der Waals surface area (Å²) in [6, 6.07) is 20.2. The molecule has 3 aromatic carbocycles. The highest BCUT2D eigenvalue weighted by molar-refractivity contribution is 6.00. The molecule has 4 N–H and O–H groups in total. The molecule has 0 bridgehead atoms. The Morgan fingerprint density at radius 2 is 1.72 bits per heavy atom. The van der Waals surface area contributed by atoms with Gasteiger partial charge in [-0.05, 0) is 107 Å². The van der Waals surface area contributed by atoms with Crippen molar-refractivity contribution < 1.29 is 43.8 Å². The van der Waals surface area contributed by atoms with Gasteiger partial charge >= 0.3 is 5.97 Å². The number of esters is 1. The van der Waals surface area contributed by atoms with E-state index in [2.05, 4.69) is 117 Å². The number of oxime groups is 1. The average Bonchev–Trinajstić information content (AvgIpc) is 3.65. The number of anilines is 1. The minimum atomic E-state index is -0.743. The molecule has 4 heterocycles. The van der Waals surface area contributed by atoms with E-state index in [9.17, 15) is 24.6 Å². The Kier molecular flexibility index (Phi) is 16.9. The molecule has 13 nitrogen and oxygen atoms in total. The molecular weight excluding hydrogens is 871 g/mol. The Bertz CT molecular complexity index is 2460. The molecule has 0 aromatic heterocycles. The number of hydrogen-bond donors (Lipinski definition) is 4. The third-order valence-electron chi connectivity index (χ3n) is 14.1. The van der Waals surface area contributed by atoms with Crippen LogP contribution in [0.25, 0.3) is 0 Å². The fraction of sp³-hybridized carbons (Fsp3) is 0.464. The number of rotatable bonds is 14. The number of cyclic esters (lactones) is 1. The van der Waals surface area contributed by atoms with Crippen LogP contribution >= 0.6 is 0 Å². The van der Waals surface area contributed by atoms with Crippen LogP contribution in [0, 0.1) is 0 Å². The fourth-order valence-electron chi connectivity index (χ4n) is 10.4. The van der Waals surface area contributed by atoms with E-state index in [1.807, 2.05) is 18.2 Å². The van der Waals surface area contributed by atoms with Crippen molar-refractivity contribution in [3.05, 3.63) is 131 Å². The Morgan fingerprint density at radius 3 is 2.51 bits per heavy atom. The van der Waals surface area contributed by atoms with Gasteiger partial charge in [0.05, 0.1) is 30.9 Å². The molecule has 3 unspecified atom stereocenters. The van der Waals surface area contributed by atoms with Gasteiger partial charge in [-0.15, -0.1) is 0 Å². The highest BCUT2D eigenvalue weighted by Crippen LogP contribution is 2.48. The van der Waals surface area contributed by atoms with E-state index in [0.29, 0.717) is 50.7 Å². The van der Waals surface area contributed by atoms with E-state index in [4.69, 9.17) is 14.3 Å². The van der Waals surface area contributed by atoms with Crippen molar-refractivity contribution >= 4 is 34.9 Å². The normalized spacial score (nSPS) is 24.3. The van der Waals surface area contributed by atoms with Crippen LogP contribution in [0.1, 0.15) is 113 Å². The number of amides is 2. The summed E-state index contributed by atoms with van der Waals surface area (Å²) >= 11 is 0. The molecule has 0 radical (unpaired) electrons. The maximum Gasteiger partial charge on any atom is 0.342 e. The number of benzene rings is 3. The van der Waals surface area contributed by atoms with Gasteiger partial charge in [-0.1, -0.05) is 79.7 Å². The highest BCUT2D eigenvalue weighted by Gasteiger charge is 2.46. The number of likely N-dealkylation sites (tertiary alicyclic amines) is 1. The summed E-state index contributed by atoms with van der Waals surface area (Å²) in [6.45, 7) is 13.6. The highest BCUT2D eigenvalue weighted by atomic mass is 16.6. The lowest BCUT2D eigenvalue weighted by Gasteiger charge is -2.27. The molecule has 2 amide bonds. The van der Waals surface area contributed by atoms with Crippen molar-refractivity contribution in [2.45, 2.75) is 121 Å². The van der Waals surface area contributed by atoms with Gasteiger partial charge in [0, 0.05) is 73.9 Å². The third-order valence-corrected chi connectivity index (χ3v) is 14.1. The summed E-state index contributed by atoms with van der Waals surface area (Å²) in [7, 11) is 2.26. The number of piperidine rings is 1. The molecule has 368 valence electrons. The lowest BCUT2D eigenvalue weighted by Crippen LogP contribution is -3.07. The molecular formula is C56H72N5O8+. The number of likely N-dealkylation sites (N-methyl/N-ethyl adjacent to an activating group) is 1. The predicted molar refractivity (Wildman–Crippen MR) is 270 cm³/mol. The lowest BCUT2D eigenvalue weighted by molar-refractivity contribution is -0.828. The zero-order chi connectivity index (χ0) is 49.1. The van der Waals surface area contributed by atoms with E-state index in [1.54, 1.807) is 17.9 Å². The number of unbranched alkanes of at least 4 members (excludes halogenated alkanes) is 1. The van der Waals surface area contributed by atoms with Crippen LogP contribution in [0.4, 0.5) is 11.4 Å². The van der Waals surface area contributed by atoms with Gasteiger partial charge in [0.1, 0.15) is 34.9 Å². The van der Waals surface area contributed by atoms with Crippen molar-refractivity contribution in [2.24, 2.45) is 5.16 Å². The second-order valence-electron chi connectivity index (χ2n) is 19.9. The van der Waals surface area contributed by atoms with Crippen LogP contribution in [-0.4, -0.2) is 103 Å². The molecule has 7 rings (SSSR count). The van der Waals surface area contributed by atoms with Crippen LogP contribution in [0.3, 0.4) is 0 Å². The predicted octanol–water partition coefficient (Wildman–Crippen LogP) is 7.89. The van der Waals surface area contributed by atoms with Crippen LogP contribution in [0.15, 0.2) is 114 Å². The fourth-order valence-corrected chi connectivity index (χ4v) is 10.4. The number of ether oxygens (including phenoxy) is 2. The maximum atomic E-state index is 13.4. The molecule has 4 atom stereocenters. The molecule has 13 heteroatoms. The molecule has 1 saturated heterocycles. The van der Waals surface area contributed by atoms with E-state index >= 15 is 0 Å². The van der Waals surface area contributed by atoms with Crippen molar-refractivity contribution in [3.8, 4) is 11.5 Å². The standard InChI is InChI=1S/C56H71N5O8/c1-39-19-16-21-43(22-17-20-41(58-68-38-52(65)60-31-13-7-14-32-60)35-40-36-42(62)37-48(63)53(40)54(66)69-39)67-34-30-57-51(64)29-12-15-33-61-47-26-11-9-24-45(47)56(4,5)50(61)28-18-27-49-55(2,3)44-23-8-10-25-46(44)59(49)6/h8-11,16-18,20-21,23-28,36-37,39,43,49,62-63H,7,12-15,19,22,29-35,38H2,1-6H3,(H,57,64)/p+1/b20-17+,21-16+,27-18+,50-28-,58-41+/t39-,43?,49?/m1/s1. The first-order valence-electron chi connectivity index (χ1n) is 24.8. The van der Waals surface area contributed by atoms with Crippen LogP contribution in [0.5, 0.6) is 11.5 Å². The molecule has 4 aliphatic heterocycles. The van der Waals surface area contributed by atoms with Gasteiger partial charge < -0.3 is 39.6 Å². The second-order valence-corrected chi connectivity index (χ2v) is 19.9. The summed E-state index contributed by atoms with van der Waals surface area (Å²) in [5.41, 5.74) is 6.95. The van der Waals surface area contributed by atoms with E-state index in [-0.39, 0.29) is 65.3 Å². The molecule has 0 aliphatic carbocycles. The Balaban J connectivity index is 0.929. The van der Waals surface area contributed by atoms with Crippen molar-refractivity contribution in [2.75, 3.05) is 51.3 Å². The summed E-state index contributed by atoms with van der Waals surface area (Å²) in [5, 5.41) is 28.4. The Hall–Kier alpha value is -6.18. The SMILES string of the molecule is C[C@@H]1C/C=C/C(OCCNC(=O)CCCCN2/C(=C\C=C\C3[NH+](C)c4ccccc4C3(C)C)C(C)(C)c3ccccc32)C/C=C/C(=N\OCC(=O)N2CCCCC2)Cc2cc(O)cc(O)c2C(=O)O1. The molecule has 69 heavy (non-hydrogen) atoms. The number of phenolic OH excluding ortho intramolecular Hbond substituents is 2. The van der Waals surface area contributed by atoms with E-state index in [1.165, 1.54) is 39.2 Å². The maximum absolute atomic E-state index is 13.4. The number of allylic oxidation sites excluding steroid dienone is 4. The monoisotopic (exact) mass is 943 g/mol. The number of aromatic hydroxyl groups is 2. The topological polar surface area (TPSA) is 155 Å². The zero-order valence-corrected chi connectivity index (χ0v) is 41.3. The largest absolute Gasteiger partial charge is 0.508 e. The number of hydrogen-bond acceptors (Lipinski definition) is 10. The van der Waals surface area contributed by atoms with E-state index < -0.39 is 17.8 Å². The van der Waals surface area contributed by atoms with Crippen molar-refractivity contribution in [1.82, 2.24) is 10.2 Å². The van der Waals surface area contributed by atoms with Crippen LogP contribution < -0.4 is 15.1 Å². The van der Waals surface area contributed by atoms with Gasteiger partial charge in [0.15, 0.2) is 6.61 Å². The van der Waals surface area contributed by atoms with Crippen molar-refractivity contribution in [1.29, 1.82) is 0 Å². The summed E-state index contributed by atoms with van der Waals surface area (Å²) in [6.07, 6.45) is 19.2. The molecule has 0 spiro atoms. The Labute approximate surface area is 408 Å². The number of carbonyl (C=O) groups excluding carboxylic acids is 3. The summed E-state index contributed by atoms with van der Waals surface area (Å²) in [5.74, 6) is -1.57. The van der Waals surface area contributed by atoms with Gasteiger partial charge in [0.25, 0.3) is 5.91 Å². The van der Waals surface area contributed by atoms with Crippen LogP contribution in [0.2, 0.25) is 0 Å². The quantitative estimate of drug-likeness (QED) is 0.0547. The number of phenols is 2. The van der Waals surface area contributed by atoms with E-state index in [0.717, 1.165) is 44.7 Å². The average molecular weight is 943 g/mol. The molecule has 0 saturated carbocycles. The summed E-state index contributed by atoms with van der Waals surface area (Å²) < 4.78 is 11.9. The number of fused-ring (bicyclic) bond motifs is 3. The lowest BCUT2D eigenvalue weighted by atomic mass is 9.80. The smallest absolute Gasteiger partial charge is 0.342 e. The van der Waals surface area contributed by atoms with Crippen LogP contribution in [-0.2, 0) is 41.2 Å². The molecule has 4 aliphatic rings. The minimum Gasteiger partial charge on any atom is -0.508 e.